The maximum absolute atomic E-state index is 10.6. The zero-order valence-electron chi connectivity index (χ0n) is 23.7. The first-order valence-corrected chi connectivity index (χ1v) is 13.3. The molecule has 242 valence electrons. The Morgan fingerprint density at radius 2 is 1.33 bits per heavy atom. The number of alkyl halides is 6. The molecule has 0 aliphatic carbocycles. The minimum absolute atomic E-state index is 0.157. The molecule has 0 saturated heterocycles. The first-order chi connectivity index (χ1) is 21.5. The number of hydrogen-bond donors (Lipinski definition) is 2. The lowest BCUT2D eigenvalue weighted by atomic mass is 10.1. The molecule has 4 heterocycles. The molecule has 0 radical (unpaired) electrons. The quantitative estimate of drug-likeness (QED) is 0.143. The van der Waals surface area contributed by atoms with Gasteiger partial charge in [0.1, 0.15) is 16.5 Å². The molecule has 0 fully saturated rings. The molecule has 0 bridgehead atoms. The van der Waals surface area contributed by atoms with Crippen LogP contribution in [0.5, 0.6) is 5.75 Å². The Hall–Kier alpha value is -5.18. The Bertz CT molecular complexity index is 1780. The smallest absolute Gasteiger partial charge is 0.490 e. The number of carbonyl (C=O) groups is 2. The second-order valence-corrected chi connectivity index (χ2v) is 9.77. The van der Waals surface area contributed by atoms with Crippen molar-refractivity contribution >= 4 is 29.2 Å². The van der Waals surface area contributed by atoms with E-state index in [-0.39, 0.29) is 6.10 Å². The summed E-state index contributed by atoms with van der Waals surface area (Å²) in [6.07, 6.45) is -2.59. The first kappa shape index (κ1) is 35.3. The highest BCUT2D eigenvalue weighted by atomic mass is 35.5. The first-order valence-electron chi connectivity index (χ1n) is 12.9. The molecule has 0 aliphatic rings. The highest BCUT2D eigenvalue weighted by Crippen LogP contribution is 2.29. The van der Waals surface area contributed by atoms with Crippen molar-refractivity contribution in [3.05, 3.63) is 90.6 Å². The highest BCUT2D eigenvalue weighted by molar-refractivity contribution is 6.29. The lowest BCUT2D eigenvalue weighted by Gasteiger charge is -2.10. The summed E-state index contributed by atoms with van der Waals surface area (Å²) in [5.41, 5.74) is 6.89. The normalized spacial score (nSPS) is 11.3. The number of nitrogens with zero attached hydrogens (tertiary/aromatic N) is 4. The lowest BCUT2D eigenvalue weighted by molar-refractivity contribution is -0.193. The third-order valence-corrected chi connectivity index (χ3v) is 5.84. The number of imidazole rings is 1. The molecule has 4 aromatic heterocycles. The van der Waals surface area contributed by atoms with Gasteiger partial charge in [-0.25, -0.2) is 19.6 Å². The summed E-state index contributed by atoms with van der Waals surface area (Å²) in [4.78, 5) is 31.0. The summed E-state index contributed by atoms with van der Waals surface area (Å²) in [7, 11) is 0. The standard InChI is InChI=1S/C26H21ClN4O.2C2HF3O2/c1-17(2)32-22-5-3-18(4-6-22)19-9-12-31-24(16-30-26(31)15-19)21-8-10-28-23(13-21)20-7-11-29-25(27)14-20;2*3-2(4,5)1(6)7/h3-17H,1-2H3;2*(H,6,7). The van der Waals surface area contributed by atoms with E-state index in [9.17, 15) is 26.3 Å². The third-order valence-electron chi connectivity index (χ3n) is 5.64. The van der Waals surface area contributed by atoms with Crippen molar-refractivity contribution in [2.24, 2.45) is 0 Å². The molecular formula is C30H23ClF6N4O5. The molecule has 5 rings (SSSR count). The van der Waals surface area contributed by atoms with Gasteiger partial charge in [0.2, 0.25) is 0 Å². The number of carboxylic acids is 2. The monoisotopic (exact) mass is 668 g/mol. The molecule has 5 aromatic rings. The van der Waals surface area contributed by atoms with E-state index >= 15 is 0 Å². The predicted octanol–water partition coefficient (Wildman–Crippen LogP) is 7.83. The van der Waals surface area contributed by atoms with Crippen LogP contribution in [0.15, 0.2) is 85.5 Å². The van der Waals surface area contributed by atoms with Gasteiger partial charge in [-0.1, -0.05) is 23.7 Å². The van der Waals surface area contributed by atoms with Crippen molar-refractivity contribution in [2.45, 2.75) is 32.3 Å². The van der Waals surface area contributed by atoms with Crippen molar-refractivity contribution in [1.29, 1.82) is 0 Å². The Labute approximate surface area is 261 Å². The summed E-state index contributed by atoms with van der Waals surface area (Å²) in [6.45, 7) is 4.05. The largest absolute Gasteiger partial charge is 0.491 e. The zero-order chi connectivity index (χ0) is 34.2. The van der Waals surface area contributed by atoms with Crippen LogP contribution in [0.25, 0.3) is 39.3 Å². The fourth-order valence-electron chi connectivity index (χ4n) is 3.68. The second-order valence-electron chi connectivity index (χ2n) is 9.38. The Balaban J connectivity index is 0.000000345. The number of fused-ring (bicyclic) bond motifs is 1. The minimum atomic E-state index is -5.08. The Kier molecular flexibility index (Phi) is 11.3. The van der Waals surface area contributed by atoms with Crippen LogP contribution in [0.1, 0.15) is 13.8 Å². The van der Waals surface area contributed by atoms with Crippen LogP contribution in [0.3, 0.4) is 0 Å². The van der Waals surface area contributed by atoms with Gasteiger partial charge in [0.15, 0.2) is 0 Å². The molecule has 1 aromatic carbocycles. The van der Waals surface area contributed by atoms with Gasteiger partial charge in [0, 0.05) is 29.7 Å². The molecule has 0 atom stereocenters. The fourth-order valence-corrected chi connectivity index (χ4v) is 3.86. The molecule has 2 N–H and O–H groups in total. The number of aromatic nitrogens is 4. The average molecular weight is 669 g/mol. The zero-order valence-corrected chi connectivity index (χ0v) is 24.5. The molecule has 0 unspecified atom stereocenters. The van der Waals surface area contributed by atoms with E-state index < -0.39 is 24.3 Å². The number of carboxylic acid groups (broad SMARTS) is 2. The number of ether oxygens (including phenoxy) is 1. The maximum Gasteiger partial charge on any atom is 0.490 e. The number of benzene rings is 1. The van der Waals surface area contributed by atoms with Gasteiger partial charge in [-0.2, -0.15) is 26.3 Å². The van der Waals surface area contributed by atoms with Gasteiger partial charge in [-0.05, 0) is 73.5 Å². The van der Waals surface area contributed by atoms with Crippen molar-refractivity contribution in [3.63, 3.8) is 0 Å². The maximum atomic E-state index is 10.6. The molecule has 46 heavy (non-hydrogen) atoms. The summed E-state index contributed by atoms with van der Waals surface area (Å²) < 4.78 is 71.3. The summed E-state index contributed by atoms with van der Waals surface area (Å²) in [6, 6.07) is 20.1. The number of rotatable bonds is 5. The van der Waals surface area contributed by atoms with E-state index in [1.54, 1.807) is 12.4 Å². The Morgan fingerprint density at radius 3 is 1.87 bits per heavy atom. The predicted molar refractivity (Wildman–Crippen MR) is 155 cm³/mol. The molecule has 0 aliphatic heterocycles. The average Bonchev–Trinajstić information content (AvgIpc) is 3.40. The minimum Gasteiger partial charge on any atom is -0.491 e. The summed E-state index contributed by atoms with van der Waals surface area (Å²) in [5, 5.41) is 14.7. The van der Waals surface area contributed by atoms with E-state index in [4.69, 9.17) is 36.1 Å². The van der Waals surface area contributed by atoms with Crippen molar-refractivity contribution < 1.29 is 50.9 Å². The van der Waals surface area contributed by atoms with Crippen LogP contribution in [0.4, 0.5) is 26.3 Å². The van der Waals surface area contributed by atoms with Gasteiger partial charge in [-0.15, -0.1) is 0 Å². The van der Waals surface area contributed by atoms with Crippen molar-refractivity contribution in [3.8, 4) is 39.4 Å². The van der Waals surface area contributed by atoms with Crippen molar-refractivity contribution in [1.82, 2.24) is 19.4 Å². The van der Waals surface area contributed by atoms with Crippen LogP contribution in [-0.4, -0.2) is 60.0 Å². The van der Waals surface area contributed by atoms with Crippen LogP contribution in [0, 0.1) is 0 Å². The molecule has 9 nitrogen and oxygen atoms in total. The fraction of sp³-hybridized carbons (Fsp3) is 0.167. The van der Waals surface area contributed by atoms with Crippen molar-refractivity contribution in [2.75, 3.05) is 0 Å². The third kappa shape index (κ3) is 9.92. The van der Waals surface area contributed by atoms with Crippen LogP contribution < -0.4 is 4.74 Å². The number of hydrogen-bond acceptors (Lipinski definition) is 6. The van der Waals surface area contributed by atoms with E-state index in [1.165, 1.54) is 0 Å². The van der Waals surface area contributed by atoms with E-state index in [0.717, 1.165) is 45.0 Å². The van der Waals surface area contributed by atoms with Gasteiger partial charge < -0.3 is 14.9 Å². The lowest BCUT2D eigenvalue weighted by Crippen LogP contribution is -2.21. The summed E-state index contributed by atoms with van der Waals surface area (Å²) in [5.74, 6) is -4.64. The Morgan fingerprint density at radius 1 is 0.761 bits per heavy atom. The van der Waals surface area contributed by atoms with E-state index in [2.05, 4.69) is 49.8 Å². The van der Waals surface area contributed by atoms with Crippen LogP contribution in [-0.2, 0) is 9.59 Å². The van der Waals surface area contributed by atoms with Gasteiger partial charge in [-0.3, -0.25) is 9.38 Å². The van der Waals surface area contributed by atoms with Gasteiger partial charge in [0.05, 0.1) is 23.7 Å². The van der Waals surface area contributed by atoms with Gasteiger partial charge >= 0.3 is 24.3 Å². The molecule has 0 saturated carbocycles. The molecular weight excluding hydrogens is 646 g/mol. The van der Waals surface area contributed by atoms with Gasteiger partial charge in [0.25, 0.3) is 0 Å². The molecule has 0 spiro atoms. The van der Waals surface area contributed by atoms with Crippen LogP contribution in [0.2, 0.25) is 5.15 Å². The molecule has 16 heteroatoms. The number of pyridine rings is 3. The SMILES string of the molecule is CC(C)Oc1ccc(-c2ccn3c(-c4ccnc(-c5ccnc(Cl)c5)c4)cnc3c2)cc1.O=C(O)C(F)(F)F.O=C(O)C(F)(F)F. The highest BCUT2D eigenvalue weighted by Gasteiger charge is 2.38. The number of halogens is 7. The summed E-state index contributed by atoms with van der Waals surface area (Å²) >= 11 is 6.05. The van der Waals surface area contributed by atoms with E-state index in [1.807, 2.05) is 56.4 Å². The topological polar surface area (TPSA) is 127 Å². The number of aliphatic carboxylic acids is 2. The van der Waals surface area contributed by atoms with E-state index in [0.29, 0.717) is 5.15 Å². The van der Waals surface area contributed by atoms with Crippen LogP contribution >= 0.6 is 11.6 Å². The second kappa shape index (κ2) is 14.7. The molecule has 0 amide bonds.